The van der Waals surface area contributed by atoms with E-state index >= 15 is 0 Å². The zero-order valence-electron chi connectivity index (χ0n) is 9.22. The highest BCUT2D eigenvalue weighted by Crippen LogP contribution is 2.31. The second-order valence-corrected chi connectivity index (χ2v) is 3.64. The molecular formula is C11H9F5N2. The second-order valence-electron chi connectivity index (χ2n) is 3.64. The van der Waals surface area contributed by atoms with Crippen molar-refractivity contribution in [2.75, 3.05) is 5.32 Å². The number of rotatable bonds is 3. The summed E-state index contributed by atoms with van der Waals surface area (Å²) in [6.07, 6.45) is -7.25. The average molecular weight is 264 g/mol. The summed E-state index contributed by atoms with van der Waals surface area (Å²) in [4.78, 5) is 0. The fourth-order valence-electron chi connectivity index (χ4n) is 1.25. The molecule has 0 bridgehead atoms. The summed E-state index contributed by atoms with van der Waals surface area (Å²) in [6.45, 7) is 1.17. The van der Waals surface area contributed by atoms with Crippen molar-refractivity contribution in [1.82, 2.24) is 0 Å². The molecular weight excluding hydrogens is 255 g/mol. The number of nitrogens with one attached hydrogen (secondary N) is 1. The van der Waals surface area contributed by atoms with E-state index in [4.69, 9.17) is 5.26 Å². The first kappa shape index (κ1) is 14.2. The number of alkyl halides is 5. The Kier molecular flexibility index (Phi) is 4.11. The van der Waals surface area contributed by atoms with Crippen LogP contribution < -0.4 is 5.32 Å². The summed E-state index contributed by atoms with van der Waals surface area (Å²) in [5.74, 6) is 0. The SMILES string of the molecule is CC(Nc1ccc(C(F)(F)F)cc1C#N)C(F)F. The lowest BCUT2D eigenvalue weighted by Crippen LogP contribution is -2.24. The topological polar surface area (TPSA) is 35.8 Å². The first-order chi connectivity index (χ1) is 8.25. The molecule has 7 heteroatoms. The molecule has 0 heterocycles. The Morgan fingerprint density at radius 3 is 2.33 bits per heavy atom. The van der Waals surface area contributed by atoms with Crippen LogP contribution in [0.1, 0.15) is 18.1 Å². The Bertz CT molecular complexity index is 461. The molecule has 0 fully saturated rings. The first-order valence-electron chi connectivity index (χ1n) is 4.91. The number of nitrogens with zero attached hydrogens (tertiary/aromatic N) is 1. The summed E-state index contributed by atoms with van der Waals surface area (Å²) >= 11 is 0. The standard InChI is InChI=1S/C11H9F5N2/c1-6(10(12)13)18-9-3-2-8(11(14,15)16)4-7(9)5-17/h2-4,6,10,18H,1H3. The van der Waals surface area contributed by atoms with E-state index in [9.17, 15) is 22.0 Å². The predicted octanol–water partition coefficient (Wildman–Crippen LogP) is 3.64. The van der Waals surface area contributed by atoms with Crippen LogP contribution in [0.25, 0.3) is 0 Å². The second kappa shape index (κ2) is 5.21. The lowest BCUT2D eigenvalue weighted by atomic mass is 10.1. The molecule has 0 radical (unpaired) electrons. The quantitative estimate of drug-likeness (QED) is 0.846. The molecule has 1 aromatic carbocycles. The van der Waals surface area contributed by atoms with Crippen molar-refractivity contribution in [3.8, 4) is 6.07 Å². The van der Waals surface area contributed by atoms with E-state index in [2.05, 4.69) is 5.32 Å². The maximum Gasteiger partial charge on any atom is 0.416 e. The molecule has 18 heavy (non-hydrogen) atoms. The van der Waals surface area contributed by atoms with Crippen LogP contribution in [0, 0.1) is 11.3 Å². The van der Waals surface area contributed by atoms with E-state index in [1.807, 2.05) is 0 Å². The van der Waals surface area contributed by atoms with Crippen molar-refractivity contribution in [1.29, 1.82) is 5.26 Å². The van der Waals surface area contributed by atoms with Crippen LogP contribution in [0.3, 0.4) is 0 Å². The Labute approximate surface area is 100 Å². The molecule has 0 aliphatic rings. The molecule has 0 saturated carbocycles. The lowest BCUT2D eigenvalue weighted by Gasteiger charge is -2.16. The minimum absolute atomic E-state index is 0.0432. The fourth-order valence-corrected chi connectivity index (χ4v) is 1.25. The molecule has 1 unspecified atom stereocenters. The molecule has 2 nitrogen and oxygen atoms in total. The lowest BCUT2D eigenvalue weighted by molar-refractivity contribution is -0.137. The Balaban J connectivity index is 3.06. The largest absolute Gasteiger partial charge is 0.416 e. The van der Waals surface area contributed by atoms with Crippen molar-refractivity contribution >= 4 is 5.69 Å². The van der Waals surface area contributed by atoms with Gasteiger partial charge in [0.1, 0.15) is 6.07 Å². The molecule has 1 rings (SSSR count). The van der Waals surface area contributed by atoms with Crippen molar-refractivity contribution in [2.45, 2.75) is 25.6 Å². The highest BCUT2D eigenvalue weighted by molar-refractivity contribution is 5.59. The van der Waals surface area contributed by atoms with Gasteiger partial charge in [0.25, 0.3) is 6.43 Å². The molecule has 1 aromatic rings. The highest BCUT2D eigenvalue weighted by Gasteiger charge is 2.31. The van der Waals surface area contributed by atoms with Crippen LogP contribution in [0.5, 0.6) is 0 Å². The van der Waals surface area contributed by atoms with Gasteiger partial charge in [-0.2, -0.15) is 18.4 Å². The van der Waals surface area contributed by atoms with Gasteiger partial charge < -0.3 is 5.32 Å². The molecule has 1 atom stereocenters. The summed E-state index contributed by atoms with van der Waals surface area (Å²) < 4.78 is 61.7. The van der Waals surface area contributed by atoms with Gasteiger partial charge in [-0.1, -0.05) is 0 Å². The number of nitriles is 1. The molecule has 0 spiro atoms. The van der Waals surface area contributed by atoms with Gasteiger partial charge in [-0.05, 0) is 25.1 Å². The van der Waals surface area contributed by atoms with Gasteiger partial charge in [0.05, 0.1) is 22.9 Å². The molecule has 0 aliphatic carbocycles. The molecule has 98 valence electrons. The van der Waals surface area contributed by atoms with E-state index in [1.54, 1.807) is 6.07 Å². The van der Waals surface area contributed by atoms with Gasteiger partial charge in [-0.3, -0.25) is 0 Å². The number of halogens is 5. The van der Waals surface area contributed by atoms with Crippen LogP contribution in [0.4, 0.5) is 27.6 Å². The van der Waals surface area contributed by atoms with E-state index in [0.29, 0.717) is 6.07 Å². The third kappa shape index (κ3) is 3.32. The van der Waals surface area contributed by atoms with Crippen molar-refractivity contribution in [3.05, 3.63) is 29.3 Å². The number of anilines is 1. The summed E-state index contributed by atoms with van der Waals surface area (Å²) in [6, 6.07) is 2.62. The molecule has 0 aliphatic heterocycles. The Hall–Kier alpha value is -1.84. The zero-order valence-corrected chi connectivity index (χ0v) is 9.22. The van der Waals surface area contributed by atoms with Crippen LogP contribution >= 0.6 is 0 Å². The minimum atomic E-state index is -4.57. The minimum Gasteiger partial charge on any atom is -0.376 e. The van der Waals surface area contributed by atoms with E-state index in [0.717, 1.165) is 12.1 Å². The van der Waals surface area contributed by atoms with Gasteiger partial charge in [-0.15, -0.1) is 0 Å². The normalized spacial score (nSPS) is 13.2. The number of hydrogen-bond acceptors (Lipinski definition) is 2. The Morgan fingerprint density at radius 2 is 1.89 bits per heavy atom. The van der Waals surface area contributed by atoms with Gasteiger partial charge in [-0.25, -0.2) is 8.78 Å². The smallest absolute Gasteiger partial charge is 0.376 e. The number of hydrogen-bond donors (Lipinski definition) is 1. The molecule has 1 N–H and O–H groups in total. The monoisotopic (exact) mass is 264 g/mol. The van der Waals surface area contributed by atoms with Gasteiger partial charge in [0, 0.05) is 0 Å². The zero-order chi connectivity index (χ0) is 13.9. The maximum atomic E-state index is 12.4. The van der Waals surface area contributed by atoms with Crippen molar-refractivity contribution < 1.29 is 22.0 Å². The number of benzene rings is 1. The van der Waals surface area contributed by atoms with Gasteiger partial charge >= 0.3 is 6.18 Å². The van der Waals surface area contributed by atoms with Crippen LogP contribution in [0.2, 0.25) is 0 Å². The highest BCUT2D eigenvalue weighted by atomic mass is 19.4. The van der Waals surface area contributed by atoms with Crippen molar-refractivity contribution in [3.63, 3.8) is 0 Å². The summed E-state index contributed by atoms with van der Waals surface area (Å²) in [5.41, 5.74) is -1.36. The average Bonchev–Trinajstić information content (AvgIpc) is 2.27. The molecule has 0 saturated heterocycles. The predicted molar refractivity (Wildman–Crippen MR) is 55.2 cm³/mol. The van der Waals surface area contributed by atoms with E-state index < -0.39 is 24.2 Å². The fraction of sp³-hybridized carbons (Fsp3) is 0.364. The first-order valence-corrected chi connectivity index (χ1v) is 4.91. The Morgan fingerprint density at radius 1 is 1.28 bits per heavy atom. The van der Waals surface area contributed by atoms with Crippen molar-refractivity contribution in [2.24, 2.45) is 0 Å². The third-order valence-electron chi connectivity index (χ3n) is 2.23. The third-order valence-corrected chi connectivity index (χ3v) is 2.23. The summed E-state index contributed by atoms with van der Waals surface area (Å²) in [5, 5.41) is 11.0. The maximum absolute atomic E-state index is 12.4. The van der Waals surface area contributed by atoms with E-state index in [-0.39, 0.29) is 11.3 Å². The van der Waals surface area contributed by atoms with Gasteiger partial charge in [0.2, 0.25) is 0 Å². The molecule has 0 aromatic heterocycles. The van der Waals surface area contributed by atoms with Crippen LogP contribution in [-0.4, -0.2) is 12.5 Å². The van der Waals surface area contributed by atoms with E-state index in [1.165, 1.54) is 6.92 Å². The molecule has 0 amide bonds. The van der Waals surface area contributed by atoms with Gasteiger partial charge in [0.15, 0.2) is 0 Å². The van der Waals surface area contributed by atoms with Crippen LogP contribution in [-0.2, 0) is 6.18 Å². The summed E-state index contributed by atoms with van der Waals surface area (Å²) in [7, 11) is 0. The van der Waals surface area contributed by atoms with Crippen LogP contribution in [0.15, 0.2) is 18.2 Å².